The van der Waals surface area contributed by atoms with Crippen molar-refractivity contribution in [3.05, 3.63) is 9.66 Å². The highest BCUT2D eigenvalue weighted by Crippen LogP contribution is 2.19. The highest BCUT2D eigenvalue weighted by atomic mass is 127. The number of halogens is 1. The number of hydrogen-bond donors (Lipinski definition) is 1. The van der Waals surface area contributed by atoms with E-state index in [9.17, 15) is 4.79 Å². The first-order valence-corrected chi connectivity index (χ1v) is 4.25. The van der Waals surface area contributed by atoms with Crippen molar-refractivity contribution < 1.29 is 4.79 Å². The summed E-state index contributed by atoms with van der Waals surface area (Å²) in [5.74, 6) is 0. The molecule has 0 aromatic carbocycles. The van der Waals surface area contributed by atoms with Gasteiger partial charge in [-0.25, -0.2) is 4.79 Å². The van der Waals surface area contributed by atoms with Crippen LogP contribution in [0.25, 0.3) is 0 Å². The predicted octanol–water partition coefficient (Wildman–Crippen LogP) is 0.713. The summed E-state index contributed by atoms with van der Waals surface area (Å²) < 4.78 is 1.26. The van der Waals surface area contributed by atoms with Gasteiger partial charge >= 0.3 is 6.03 Å². The van der Waals surface area contributed by atoms with Crippen molar-refractivity contribution in [2.75, 3.05) is 13.1 Å². The number of amides is 2. The fourth-order valence-electron chi connectivity index (χ4n) is 1.30. The van der Waals surface area contributed by atoms with Crippen LogP contribution >= 0.6 is 22.6 Å². The van der Waals surface area contributed by atoms with Gasteiger partial charge in [0.05, 0.1) is 12.6 Å². The van der Waals surface area contributed by atoms with Crippen LogP contribution in [0.15, 0.2) is 9.66 Å². The van der Waals surface area contributed by atoms with Gasteiger partial charge in [0, 0.05) is 10.1 Å². The lowest BCUT2D eigenvalue weighted by Crippen LogP contribution is -2.29. The standard InChI is InChI=1S/C6H7IN2O/c7-4-1-5-3-9(2-4)6(10)8-5/h1,5H,2-3H2,(H,8,10). The van der Waals surface area contributed by atoms with E-state index >= 15 is 0 Å². The van der Waals surface area contributed by atoms with E-state index in [-0.39, 0.29) is 12.1 Å². The van der Waals surface area contributed by atoms with Crippen LogP contribution in [-0.2, 0) is 0 Å². The molecule has 0 saturated carbocycles. The number of hydrogen-bond acceptors (Lipinski definition) is 1. The Morgan fingerprint density at radius 3 is 3.30 bits per heavy atom. The third-order valence-electron chi connectivity index (χ3n) is 1.74. The van der Waals surface area contributed by atoms with Crippen molar-refractivity contribution in [1.82, 2.24) is 10.2 Å². The Bertz CT molecular complexity index is 214. The molecule has 10 heavy (non-hydrogen) atoms. The molecule has 0 aromatic rings. The highest BCUT2D eigenvalue weighted by Gasteiger charge is 2.30. The van der Waals surface area contributed by atoms with Crippen LogP contribution in [0.5, 0.6) is 0 Å². The van der Waals surface area contributed by atoms with Gasteiger partial charge in [0.1, 0.15) is 0 Å². The summed E-state index contributed by atoms with van der Waals surface area (Å²) in [5, 5.41) is 2.85. The maximum atomic E-state index is 11.0. The number of carbonyl (C=O) groups excluding carboxylic acids is 1. The fourth-order valence-corrected chi connectivity index (χ4v) is 2.15. The second kappa shape index (κ2) is 2.11. The number of urea groups is 1. The van der Waals surface area contributed by atoms with Crippen LogP contribution in [-0.4, -0.2) is 30.1 Å². The first kappa shape index (κ1) is 6.45. The van der Waals surface area contributed by atoms with Crippen LogP contribution in [0.2, 0.25) is 0 Å². The van der Waals surface area contributed by atoms with E-state index in [0.717, 1.165) is 13.1 Å². The molecule has 0 radical (unpaired) electrons. The van der Waals surface area contributed by atoms with Gasteiger partial charge in [-0.1, -0.05) is 0 Å². The highest BCUT2D eigenvalue weighted by molar-refractivity contribution is 14.1. The van der Waals surface area contributed by atoms with Gasteiger partial charge in [0.25, 0.3) is 0 Å². The predicted molar refractivity (Wildman–Crippen MR) is 46.0 cm³/mol. The van der Waals surface area contributed by atoms with E-state index in [4.69, 9.17) is 0 Å². The molecule has 1 saturated heterocycles. The van der Waals surface area contributed by atoms with Crippen molar-refractivity contribution in [2.24, 2.45) is 0 Å². The van der Waals surface area contributed by atoms with Gasteiger partial charge in [-0.2, -0.15) is 0 Å². The molecule has 0 spiro atoms. The van der Waals surface area contributed by atoms with Crippen molar-refractivity contribution in [1.29, 1.82) is 0 Å². The summed E-state index contributed by atoms with van der Waals surface area (Å²) in [4.78, 5) is 12.8. The third-order valence-corrected chi connectivity index (χ3v) is 2.44. The van der Waals surface area contributed by atoms with Gasteiger partial charge in [0.15, 0.2) is 0 Å². The summed E-state index contributed by atoms with van der Waals surface area (Å²) in [7, 11) is 0. The molecular formula is C6H7IN2O. The molecular weight excluding hydrogens is 243 g/mol. The van der Waals surface area contributed by atoms with Crippen LogP contribution in [0.1, 0.15) is 0 Å². The molecule has 0 aliphatic carbocycles. The molecule has 1 unspecified atom stereocenters. The molecule has 2 amide bonds. The largest absolute Gasteiger partial charge is 0.330 e. The van der Waals surface area contributed by atoms with Gasteiger partial charge in [0.2, 0.25) is 0 Å². The first-order chi connectivity index (χ1) is 4.75. The van der Waals surface area contributed by atoms with E-state index in [1.807, 2.05) is 4.90 Å². The quantitative estimate of drug-likeness (QED) is 0.631. The Labute approximate surface area is 72.6 Å². The summed E-state index contributed by atoms with van der Waals surface area (Å²) in [5.41, 5.74) is 0. The first-order valence-electron chi connectivity index (χ1n) is 3.17. The molecule has 2 heterocycles. The summed E-state index contributed by atoms with van der Waals surface area (Å²) >= 11 is 2.26. The summed E-state index contributed by atoms with van der Waals surface area (Å²) in [6.07, 6.45) is 2.11. The molecule has 2 rings (SSSR count). The number of nitrogens with zero attached hydrogens (tertiary/aromatic N) is 1. The summed E-state index contributed by atoms with van der Waals surface area (Å²) in [6.45, 7) is 1.65. The van der Waals surface area contributed by atoms with Crippen molar-refractivity contribution in [3.63, 3.8) is 0 Å². The van der Waals surface area contributed by atoms with Gasteiger partial charge in [-0.3, -0.25) is 0 Å². The number of fused-ring (bicyclic) bond motifs is 2. The van der Waals surface area contributed by atoms with E-state index in [0.29, 0.717) is 0 Å². The van der Waals surface area contributed by atoms with E-state index in [2.05, 4.69) is 34.0 Å². The van der Waals surface area contributed by atoms with Gasteiger partial charge < -0.3 is 10.2 Å². The monoisotopic (exact) mass is 250 g/mol. The van der Waals surface area contributed by atoms with Crippen LogP contribution < -0.4 is 5.32 Å². The molecule has 1 fully saturated rings. The smallest absolute Gasteiger partial charge is 0.318 e. The topological polar surface area (TPSA) is 32.3 Å². The number of carbonyl (C=O) groups is 1. The van der Waals surface area contributed by atoms with Crippen molar-refractivity contribution in [3.8, 4) is 0 Å². The Hall–Kier alpha value is -0.260. The third kappa shape index (κ3) is 0.902. The van der Waals surface area contributed by atoms with E-state index in [1.165, 1.54) is 3.58 Å². The van der Waals surface area contributed by atoms with E-state index in [1.54, 1.807) is 0 Å². The molecule has 2 bridgehead atoms. The van der Waals surface area contributed by atoms with Crippen LogP contribution in [0, 0.1) is 0 Å². The minimum atomic E-state index is 0.0768. The Kier molecular flexibility index (Phi) is 1.36. The summed E-state index contributed by atoms with van der Waals surface area (Å²) in [6, 6.07) is 0.348. The second-order valence-electron chi connectivity index (χ2n) is 2.55. The zero-order valence-corrected chi connectivity index (χ0v) is 7.46. The lowest BCUT2D eigenvalue weighted by molar-refractivity contribution is 0.221. The van der Waals surface area contributed by atoms with Crippen LogP contribution in [0.3, 0.4) is 0 Å². The normalized spacial score (nSPS) is 30.1. The maximum absolute atomic E-state index is 11.0. The zero-order valence-electron chi connectivity index (χ0n) is 5.30. The Morgan fingerprint density at radius 1 is 1.80 bits per heavy atom. The van der Waals surface area contributed by atoms with Gasteiger partial charge in [-0.15, -0.1) is 0 Å². The number of rotatable bonds is 0. The minimum Gasteiger partial charge on any atom is -0.330 e. The number of nitrogens with one attached hydrogen (secondary N) is 1. The van der Waals surface area contributed by atoms with Gasteiger partial charge in [-0.05, 0) is 28.7 Å². The molecule has 2 aliphatic heterocycles. The lowest BCUT2D eigenvalue weighted by Gasteiger charge is -2.17. The van der Waals surface area contributed by atoms with E-state index < -0.39 is 0 Å². The molecule has 0 aromatic heterocycles. The van der Waals surface area contributed by atoms with Crippen molar-refractivity contribution >= 4 is 28.6 Å². The van der Waals surface area contributed by atoms with Crippen molar-refractivity contribution in [2.45, 2.75) is 6.04 Å². The SMILES string of the molecule is O=C1NC2C=C(I)CN1C2. The maximum Gasteiger partial charge on any atom is 0.318 e. The molecule has 2 aliphatic rings. The minimum absolute atomic E-state index is 0.0768. The molecule has 54 valence electrons. The van der Waals surface area contributed by atoms with Crippen LogP contribution in [0.4, 0.5) is 4.79 Å². The molecule has 1 atom stereocenters. The molecule has 1 N–H and O–H groups in total. The average molecular weight is 250 g/mol. The Balaban J connectivity index is 2.26. The molecule has 4 heteroatoms. The fraction of sp³-hybridized carbons (Fsp3) is 0.500. The lowest BCUT2D eigenvalue weighted by atomic mass is 10.2. The zero-order chi connectivity index (χ0) is 7.14. The molecule has 3 nitrogen and oxygen atoms in total. The Morgan fingerprint density at radius 2 is 2.60 bits per heavy atom. The second-order valence-corrected chi connectivity index (χ2v) is 3.94. The average Bonchev–Trinajstić information content (AvgIpc) is 2.07.